The van der Waals surface area contributed by atoms with Crippen LogP contribution in [0.25, 0.3) is 0 Å². The van der Waals surface area contributed by atoms with Gasteiger partial charge in [0.1, 0.15) is 17.5 Å². The van der Waals surface area contributed by atoms with Gasteiger partial charge in [-0.3, -0.25) is 14.9 Å². The molecule has 8 nitrogen and oxygen atoms in total. The van der Waals surface area contributed by atoms with Crippen molar-refractivity contribution < 1.29 is 14.3 Å². The minimum absolute atomic E-state index is 0.0400. The Hall–Kier alpha value is -3.39. The zero-order valence-corrected chi connectivity index (χ0v) is 16.9. The summed E-state index contributed by atoms with van der Waals surface area (Å²) in [4.78, 5) is 33.6. The second kappa shape index (κ2) is 8.96. The normalized spacial score (nSPS) is 19.6. The molecule has 4 rings (SSSR count). The Labute approximate surface area is 175 Å². The molecule has 2 N–H and O–H groups in total. The molecule has 30 heavy (non-hydrogen) atoms. The second-order valence-electron chi connectivity index (χ2n) is 7.44. The maximum Gasteiger partial charge on any atom is 0.249 e. The summed E-state index contributed by atoms with van der Waals surface area (Å²) in [6, 6.07) is 15.9. The molecular weight excluding hydrogens is 382 g/mol. The van der Waals surface area contributed by atoms with Gasteiger partial charge in [-0.1, -0.05) is 18.2 Å². The smallest absolute Gasteiger partial charge is 0.249 e. The summed E-state index contributed by atoms with van der Waals surface area (Å²) < 4.78 is 5.76. The first-order valence-corrected chi connectivity index (χ1v) is 10.0. The van der Waals surface area contributed by atoms with Crippen LogP contribution in [0, 0.1) is 0 Å². The quantitative estimate of drug-likeness (QED) is 0.809. The van der Waals surface area contributed by atoms with E-state index < -0.39 is 6.04 Å². The molecule has 0 spiro atoms. The number of hydrogen-bond donors (Lipinski definition) is 2. The predicted molar refractivity (Wildman–Crippen MR) is 115 cm³/mol. The lowest BCUT2D eigenvalue weighted by atomic mass is 10.1. The Kier molecular flexibility index (Phi) is 5.94. The Bertz CT molecular complexity index is 922. The predicted octanol–water partition coefficient (Wildman–Crippen LogP) is 1.91. The van der Waals surface area contributed by atoms with E-state index in [0.717, 1.165) is 31.9 Å². The molecule has 0 bridgehead atoms. The second-order valence-corrected chi connectivity index (χ2v) is 7.44. The number of rotatable bonds is 4. The van der Waals surface area contributed by atoms with Crippen LogP contribution in [0.2, 0.25) is 0 Å². The number of guanidine groups is 1. The standard InChI is InChI=1S/C22H25N5O3/c1-26-11-13-27(14-12-26)22-24-19(15-20(28)25-22)21(29)23-16-7-9-18(10-8-16)30-17-5-3-2-4-6-17/h2-10,19H,11-15H2,1H3,(H,23,29)(H,24,25,28)/t19-/m1/s1. The number of benzene rings is 2. The molecule has 2 aromatic rings. The highest BCUT2D eigenvalue weighted by Crippen LogP contribution is 2.23. The van der Waals surface area contributed by atoms with Crippen LogP contribution in [-0.4, -0.2) is 66.8 Å². The average molecular weight is 407 g/mol. The third kappa shape index (κ3) is 4.96. The van der Waals surface area contributed by atoms with Crippen LogP contribution in [0.3, 0.4) is 0 Å². The van der Waals surface area contributed by atoms with E-state index in [1.54, 1.807) is 24.3 Å². The van der Waals surface area contributed by atoms with Crippen LogP contribution in [0.1, 0.15) is 6.42 Å². The summed E-state index contributed by atoms with van der Waals surface area (Å²) in [5.74, 6) is 1.42. The molecule has 8 heteroatoms. The molecule has 1 fully saturated rings. The van der Waals surface area contributed by atoms with Crippen molar-refractivity contribution in [3.63, 3.8) is 0 Å². The zero-order valence-electron chi connectivity index (χ0n) is 16.9. The number of aliphatic imine (C=N–C) groups is 1. The number of nitrogens with zero attached hydrogens (tertiary/aromatic N) is 3. The van der Waals surface area contributed by atoms with Crippen LogP contribution in [-0.2, 0) is 9.59 Å². The number of likely N-dealkylation sites (N-methyl/N-ethyl adjacent to an activating group) is 1. The SMILES string of the molecule is CN1CCN(C2=N[C@@H](C(=O)Nc3ccc(Oc4ccccc4)cc3)CC(=O)N2)CC1. The van der Waals surface area contributed by atoms with Crippen molar-refractivity contribution in [3.05, 3.63) is 54.6 Å². The van der Waals surface area contributed by atoms with Gasteiger partial charge < -0.3 is 19.9 Å². The minimum atomic E-state index is -0.742. The molecule has 0 saturated carbocycles. The average Bonchev–Trinajstić information content (AvgIpc) is 2.76. The van der Waals surface area contributed by atoms with Gasteiger partial charge in [0.25, 0.3) is 0 Å². The highest BCUT2D eigenvalue weighted by molar-refractivity contribution is 6.06. The Morgan fingerprint density at radius 2 is 1.70 bits per heavy atom. The van der Waals surface area contributed by atoms with E-state index in [1.807, 2.05) is 35.2 Å². The van der Waals surface area contributed by atoms with Gasteiger partial charge in [-0.15, -0.1) is 0 Å². The monoisotopic (exact) mass is 407 g/mol. The van der Waals surface area contributed by atoms with Crippen LogP contribution < -0.4 is 15.4 Å². The van der Waals surface area contributed by atoms with Gasteiger partial charge in [0.2, 0.25) is 17.8 Å². The van der Waals surface area contributed by atoms with Crippen molar-refractivity contribution in [1.82, 2.24) is 15.1 Å². The molecule has 0 unspecified atom stereocenters. The van der Waals surface area contributed by atoms with E-state index in [0.29, 0.717) is 17.4 Å². The van der Waals surface area contributed by atoms with E-state index in [9.17, 15) is 9.59 Å². The summed E-state index contributed by atoms with van der Waals surface area (Å²) in [5.41, 5.74) is 0.628. The highest BCUT2D eigenvalue weighted by atomic mass is 16.5. The van der Waals surface area contributed by atoms with Gasteiger partial charge in [0, 0.05) is 31.9 Å². The molecule has 156 valence electrons. The number of amides is 2. The fourth-order valence-electron chi connectivity index (χ4n) is 3.36. The van der Waals surface area contributed by atoms with Crippen molar-refractivity contribution in [1.29, 1.82) is 0 Å². The molecule has 0 aromatic heterocycles. The number of ether oxygens (including phenoxy) is 1. The zero-order chi connectivity index (χ0) is 20.9. The van der Waals surface area contributed by atoms with Gasteiger partial charge >= 0.3 is 0 Å². The summed E-state index contributed by atoms with van der Waals surface area (Å²) in [7, 11) is 2.06. The number of piperazine rings is 1. The first-order valence-electron chi connectivity index (χ1n) is 10.0. The topological polar surface area (TPSA) is 86.3 Å². The number of hydrogen-bond acceptors (Lipinski definition) is 6. The summed E-state index contributed by atoms with van der Waals surface area (Å²) >= 11 is 0. The van der Waals surface area contributed by atoms with Crippen molar-refractivity contribution in [2.75, 3.05) is 38.5 Å². The first-order chi connectivity index (χ1) is 14.6. The molecular formula is C22H25N5O3. The van der Waals surface area contributed by atoms with E-state index in [1.165, 1.54) is 0 Å². The Morgan fingerprint density at radius 3 is 2.40 bits per heavy atom. The van der Waals surface area contributed by atoms with Gasteiger partial charge in [-0.25, -0.2) is 4.99 Å². The maximum absolute atomic E-state index is 12.7. The van der Waals surface area contributed by atoms with Gasteiger partial charge in [0.15, 0.2) is 0 Å². The third-order valence-electron chi connectivity index (χ3n) is 5.11. The lowest BCUT2D eigenvalue weighted by Gasteiger charge is -2.36. The van der Waals surface area contributed by atoms with Crippen molar-refractivity contribution in [2.45, 2.75) is 12.5 Å². The number of nitrogens with one attached hydrogen (secondary N) is 2. The van der Waals surface area contributed by atoms with E-state index in [2.05, 4.69) is 27.6 Å². The van der Waals surface area contributed by atoms with Gasteiger partial charge in [-0.05, 0) is 43.4 Å². The Balaban J connectivity index is 1.38. The summed E-state index contributed by atoms with van der Waals surface area (Å²) in [6.07, 6.45) is 0.0400. The molecule has 1 saturated heterocycles. The minimum Gasteiger partial charge on any atom is -0.457 e. The lowest BCUT2D eigenvalue weighted by molar-refractivity contribution is -0.125. The number of carbonyl (C=O) groups is 2. The molecule has 0 aliphatic carbocycles. The fourth-order valence-corrected chi connectivity index (χ4v) is 3.36. The van der Waals surface area contributed by atoms with Crippen molar-refractivity contribution >= 4 is 23.5 Å². The van der Waals surface area contributed by atoms with Gasteiger partial charge in [0.05, 0.1) is 6.42 Å². The first kappa shape index (κ1) is 19.9. The fraction of sp³-hybridized carbons (Fsp3) is 0.318. The summed E-state index contributed by atoms with van der Waals surface area (Å²) in [6.45, 7) is 3.33. The van der Waals surface area contributed by atoms with E-state index in [4.69, 9.17) is 4.74 Å². The number of para-hydroxylation sites is 1. The Morgan fingerprint density at radius 1 is 1.03 bits per heavy atom. The van der Waals surface area contributed by atoms with Crippen molar-refractivity contribution in [2.24, 2.45) is 4.99 Å². The van der Waals surface area contributed by atoms with Crippen LogP contribution in [0.5, 0.6) is 11.5 Å². The largest absolute Gasteiger partial charge is 0.457 e. The van der Waals surface area contributed by atoms with Gasteiger partial charge in [-0.2, -0.15) is 0 Å². The number of carbonyl (C=O) groups excluding carboxylic acids is 2. The molecule has 2 aromatic carbocycles. The molecule has 2 aliphatic rings. The molecule has 2 aliphatic heterocycles. The van der Waals surface area contributed by atoms with Crippen LogP contribution >= 0.6 is 0 Å². The molecule has 0 radical (unpaired) electrons. The van der Waals surface area contributed by atoms with Crippen molar-refractivity contribution in [3.8, 4) is 11.5 Å². The van der Waals surface area contributed by atoms with Crippen LogP contribution in [0.4, 0.5) is 5.69 Å². The lowest BCUT2D eigenvalue weighted by Crippen LogP contribution is -2.55. The maximum atomic E-state index is 12.7. The molecule has 1 atom stereocenters. The molecule has 2 amide bonds. The van der Waals surface area contributed by atoms with E-state index in [-0.39, 0.29) is 18.2 Å². The van der Waals surface area contributed by atoms with E-state index >= 15 is 0 Å². The van der Waals surface area contributed by atoms with Crippen LogP contribution in [0.15, 0.2) is 59.6 Å². The highest BCUT2D eigenvalue weighted by Gasteiger charge is 2.30. The third-order valence-corrected chi connectivity index (χ3v) is 5.11. The number of anilines is 1. The summed E-state index contributed by atoms with van der Waals surface area (Å²) in [5, 5.41) is 5.65. The molecule has 2 heterocycles.